The molecule has 0 saturated heterocycles. The van der Waals surface area contributed by atoms with Crippen molar-refractivity contribution in [2.24, 2.45) is 17.8 Å². The van der Waals surface area contributed by atoms with E-state index in [0.29, 0.717) is 6.04 Å². The molecule has 0 aromatic rings. The largest absolute Gasteiger partial charge is 0.314 e. The maximum Gasteiger partial charge on any atom is 0.00104 e. The minimum Gasteiger partial charge on any atom is -0.314 e. The molecule has 1 heteroatoms. The summed E-state index contributed by atoms with van der Waals surface area (Å²) in [6, 6.07) is 0.647. The van der Waals surface area contributed by atoms with Crippen LogP contribution in [0.3, 0.4) is 0 Å². The average molecular weight is 183 g/mol. The first-order valence-corrected chi connectivity index (χ1v) is 5.84. The number of nitrogens with one attached hydrogen (secondary N) is 1. The fraction of sp³-hybridized carbons (Fsp3) is 1.00. The van der Waals surface area contributed by atoms with Crippen LogP contribution in [0.25, 0.3) is 0 Å². The van der Waals surface area contributed by atoms with Gasteiger partial charge in [0.05, 0.1) is 0 Å². The van der Waals surface area contributed by atoms with Gasteiger partial charge < -0.3 is 5.32 Å². The van der Waals surface area contributed by atoms with Crippen LogP contribution in [0.15, 0.2) is 0 Å². The van der Waals surface area contributed by atoms with Gasteiger partial charge in [0.25, 0.3) is 0 Å². The van der Waals surface area contributed by atoms with E-state index in [-0.39, 0.29) is 0 Å². The third-order valence-electron chi connectivity index (χ3n) is 3.36. The average Bonchev–Trinajstić information content (AvgIpc) is 2.47. The number of rotatable bonds is 4. The highest BCUT2D eigenvalue weighted by molar-refractivity contribution is 4.81. The second kappa shape index (κ2) is 4.99. The van der Waals surface area contributed by atoms with Gasteiger partial charge >= 0.3 is 0 Å². The van der Waals surface area contributed by atoms with Gasteiger partial charge in [0, 0.05) is 6.04 Å². The molecule has 0 aromatic heterocycles. The molecule has 0 aliphatic heterocycles. The van der Waals surface area contributed by atoms with E-state index in [1.165, 1.54) is 25.8 Å². The SMILES string of the molecule is CC(C)NCC1CCCC1C(C)C. The molecule has 0 aromatic carbocycles. The van der Waals surface area contributed by atoms with Crippen LogP contribution >= 0.6 is 0 Å². The molecule has 0 heterocycles. The Kier molecular flexibility index (Phi) is 4.24. The van der Waals surface area contributed by atoms with Gasteiger partial charge in [-0.25, -0.2) is 0 Å². The van der Waals surface area contributed by atoms with Crippen molar-refractivity contribution >= 4 is 0 Å². The summed E-state index contributed by atoms with van der Waals surface area (Å²) in [5.41, 5.74) is 0. The van der Waals surface area contributed by atoms with Gasteiger partial charge in [-0.3, -0.25) is 0 Å². The molecule has 2 unspecified atom stereocenters. The van der Waals surface area contributed by atoms with Crippen LogP contribution in [0.2, 0.25) is 0 Å². The Morgan fingerprint density at radius 1 is 1.15 bits per heavy atom. The highest BCUT2D eigenvalue weighted by Gasteiger charge is 2.28. The van der Waals surface area contributed by atoms with Crippen LogP contribution in [-0.2, 0) is 0 Å². The van der Waals surface area contributed by atoms with Crippen molar-refractivity contribution in [3.8, 4) is 0 Å². The Balaban J connectivity index is 2.31. The summed E-state index contributed by atoms with van der Waals surface area (Å²) in [5, 5.41) is 3.57. The van der Waals surface area contributed by atoms with E-state index in [4.69, 9.17) is 0 Å². The molecule has 1 aliphatic carbocycles. The molecule has 1 aliphatic rings. The zero-order valence-corrected chi connectivity index (χ0v) is 9.64. The second-order valence-corrected chi connectivity index (χ2v) is 5.16. The first kappa shape index (κ1) is 11.0. The zero-order chi connectivity index (χ0) is 9.84. The fourth-order valence-electron chi connectivity index (χ4n) is 2.58. The molecule has 1 nitrogen and oxygen atoms in total. The standard InChI is InChI=1S/C12H25N/c1-9(2)12-7-5-6-11(12)8-13-10(3)4/h9-13H,5-8H2,1-4H3. The van der Waals surface area contributed by atoms with Gasteiger partial charge in [0.2, 0.25) is 0 Å². The molecule has 0 bridgehead atoms. The Morgan fingerprint density at radius 3 is 2.38 bits per heavy atom. The van der Waals surface area contributed by atoms with E-state index < -0.39 is 0 Å². The summed E-state index contributed by atoms with van der Waals surface area (Å²) in [6.45, 7) is 10.5. The Labute approximate surface area is 83.3 Å². The van der Waals surface area contributed by atoms with E-state index in [1.807, 2.05) is 0 Å². The Morgan fingerprint density at radius 2 is 1.85 bits per heavy atom. The number of hydrogen-bond acceptors (Lipinski definition) is 1. The monoisotopic (exact) mass is 183 g/mol. The third kappa shape index (κ3) is 3.30. The van der Waals surface area contributed by atoms with Crippen molar-refractivity contribution in [3.05, 3.63) is 0 Å². The fourth-order valence-corrected chi connectivity index (χ4v) is 2.58. The quantitative estimate of drug-likeness (QED) is 0.706. The van der Waals surface area contributed by atoms with Gasteiger partial charge in [-0.2, -0.15) is 0 Å². The second-order valence-electron chi connectivity index (χ2n) is 5.16. The highest BCUT2D eigenvalue weighted by Crippen LogP contribution is 2.36. The van der Waals surface area contributed by atoms with Crippen LogP contribution in [0.4, 0.5) is 0 Å². The van der Waals surface area contributed by atoms with Crippen LogP contribution in [0, 0.1) is 17.8 Å². The maximum absolute atomic E-state index is 3.57. The van der Waals surface area contributed by atoms with E-state index >= 15 is 0 Å². The Bertz CT molecular complexity index is 140. The predicted octanol–water partition coefficient (Wildman–Crippen LogP) is 3.06. The molecule has 0 radical (unpaired) electrons. The molecule has 2 atom stereocenters. The van der Waals surface area contributed by atoms with E-state index in [0.717, 1.165) is 17.8 Å². The van der Waals surface area contributed by atoms with Crippen molar-refractivity contribution in [2.45, 2.75) is 53.0 Å². The molecular weight excluding hydrogens is 158 g/mol. The van der Waals surface area contributed by atoms with E-state index in [1.54, 1.807) is 0 Å². The zero-order valence-electron chi connectivity index (χ0n) is 9.64. The Hall–Kier alpha value is -0.0400. The van der Waals surface area contributed by atoms with Crippen molar-refractivity contribution < 1.29 is 0 Å². The molecule has 1 saturated carbocycles. The van der Waals surface area contributed by atoms with Crippen molar-refractivity contribution in [3.63, 3.8) is 0 Å². The van der Waals surface area contributed by atoms with E-state index in [9.17, 15) is 0 Å². The molecular formula is C12H25N. The van der Waals surface area contributed by atoms with Crippen LogP contribution in [-0.4, -0.2) is 12.6 Å². The lowest BCUT2D eigenvalue weighted by Gasteiger charge is -2.24. The number of hydrogen-bond donors (Lipinski definition) is 1. The molecule has 1 N–H and O–H groups in total. The third-order valence-corrected chi connectivity index (χ3v) is 3.36. The van der Waals surface area contributed by atoms with Gasteiger partial charge in [0.1, 0.15) is 0 Å². The van der Waals surface area contributed by atoms with Crippen LogP contribution < -0.4 is 5.32 Å². The lowest BCUT2D eigenvalue weighted by molar-refractivity contribution is 0.281. The molecule has 0 amide bonds. The van der Waals surface area contributed by atoms with Crippen molar-refractivity contribution in [1.29, 1.82) is 0 Å². The molecule has 78 valence electrons. The van der Waals surface area contributed by atoms with E-state index in [2.05, 4.69) is 33.0 Å². The van der Waals surface area contributed by atoms with Crippen molar-refractivity contribution in [1.82, 2.24) is 5.32 Å². The normalized spacial score (nSPS) is 29.1. The molecule has 1 rings (SSSR count). The minimum absolute atomic E-state index is 0.647. The lowest BCUT2D eigenvalue weighted by Crippen LogP contribution is -2.31. The smallest absolute Gasteiger partial charge is 0.00104 e. The maximum atomic E-state index is 3.57. The molecule has 1 fully saturated rings. The van der Waals surface area contributed by atoms with Gasteiger partial charge in [-0.1, -0.05) is 34.1 Å². The topological polar surface area (TPSA) is 12.0 Å². The highest BCUT2D eigenvalue weighted by atomic mass is 14.9. The lowest BCUT2D eigenvalue weighted by atomic mass is 9.86. The summed E-state index contributed by atoms with van der Waals surface area (Å²) in [7, 11) is 0. The van der Waals surface area contributed by atoms with Gasteiger partial charge in [-0.05, 0) is 37.1 Å². The van der Waals surface area contributed by atoms with Gasteiger partial charge in [0.15, 0.2) is 0 Å². The minimum atomic E-state index is 0.647. The molecule has 13 heavy (non-hydrogen) atoms. The summed E-state index contributed by atoms with van der Waals surface area (Å²) in [6.07, 6.45) is 4.36. The first-order chi connectivity index (χ1) is 6.11. The first-order valence-electron chi connectivity index (χ1n) is 5.84. The van der Waals surface area contributed by atoms with Crippen molar-refractivity contribution in [2.75, 3.05) is 6.54 Å². The van der Waals surface area contributed by atoms with Crippen LogP contribution in [0.5, 0.6) is 0 Å². The summed E-state index contributed by atoms with van der Waals surface area (Å²) >= 11 is 0. The molecule has 0 spiro atoms. The predicted molar refractivity (Wildman–Crippen MR) is 58.8 cm³/mol. The van der Waals surface area contributed by atoms with Gasteiger partial charge in [-0.15, -0.1) is 0 Å². The summed E-state index contributed by atoms with van der Waals surface area (Å²) in [4.78, 5) is 0. The summed E-state index contributed by atoms with van der Waals surface area (Å²) < 4.78 is 0. The van der Waals surface area contributed by atoms with Crippen LogP contribution in [0.1, 0.15) is 47.0 Å². The summed E-state index contributed by atoms with van der Waals surface area (Å²) in [5.74, 6) is 2.80.